The van der Waals surface area contributed by atoms with Gasteiger partial charge in [0.05, 0.1) is 18.0 Å². The number of nitrogens with zero attached hydrogens (tertiary/aromatic N) is 2. The number of aromatic nitrogens is 3. The maximum Gasteiger partial charge on any atom is 0.220 e. The minimum atomic E-state index is 0.0925. The van der Waals surface area contributed by atoms with E-state index in [2.05, 4.69) is 20.7 Å². The van der Waals surface area contributed by atoms with Gasteiger partial charge in [0.1, 0.15) is 0 Å². The number of amides is 1. The molecule has 3 rings (SSSR count). The van der Waals surface area contributed by atoms with Crippen LogP contribution in [-0.2, 0) is 16.0 Å². The molecule has 1 amide bonds. The van der Waals surface area contributed by atoms with Crippen molar-refractivity contribution in [2.75, 3.05) is 13.2 Å². The van der Waals surface area contributed by atoms with E-state index >= 15 is 0 Å². The Morgan fingerprint density at radius 1 is 1.58 bits per heavy atom. The van der Waals surface area contributed by atoms with Crippen molar-refractivity contribution in [3.63, 3.8) is 0 Å². The Bertz CT molecular complexity index is 422. The summed E-state index contributed by atoms with van der Waals surface area (Å²) in [4.78, 5) is 11.9. The molecule has 2 aliphatic rings. The molecule has 2 N–H and O–H groups in total. The number of carbonyl (C=O) groups excluding carboxylic acids is 1. The van der Waals surface area contributed by atoms with Crippen molar-refractivity contribution in [3.05, 3.63) is 11.9 Å². The third-order valence-electron chi connectivity index (χ3n) is 4.45. The third-order valence-corrected chi connectivity index (χ3v) is 4.45. The number of hydrogen-bond donors (Lipinski definition) is 2. The molecular weight excluding hydrogens is 244 g/mol. The van der Waals surface area contributed by atoms with Crippen molar-refractivity contribution in [1.82, 2.24) is 20.7 Å². The number of ether oxygens (including phenoxy) is 1. The number of aryl methyl sites for hydroxylation is 1. The van der Waals surface area contributed by atoms with Crippen LogP contribution in [0.3, 0.4) is 0 Å². The van der Waals surface area contributed by atoms with Crippen molar-refractivity contribution in [2.24, 2.45) is 5.41 Å². The molecule has 2 heterocycles. The van der Waals surface area contributed by atoms with Crippen molar-refractivity contribution >= 4 is 5.91 Å². The maximum absolute atomic E-state index is 11.9. The molecule has 2 fully saturated rings. The lowest BCUT2D eigenvalue weighted by Gasteiger charge is -2.27. The van der Waals surface area contributed by atoms with E-state index in [1.807, 2.05) is 0 Å². The first-order valence-corrected chi connectivity index (χ1v) is 7.01. The number of fused-ring (bicyclic) bond motifs is 1. The molecular formula is C13H20N4O2. The molecule has 1 saturated carbocycles. The Morgan fingerprint density at radius 2 is 2.53 bits per heavy atom. The lowest BCUT2D eigenvalue weighted by Crippen LogP contribution is -2.39. The van der Waals surface area contributed by atoms with Gasteiger partial charge in [-0.1, -0.05) is 6.42 Å². The molecule has 1 aliphatic carbocycles. The standard InChI is InChI=1S/C13H20N4O2/c18-12(4-3-10-8-15-17-16-10)14-9-13-5-1-2-11(13)19-7-6-13/h8,11H,1-7,9H2,(H,14,18)(H,15,16,17)/t11-,13-/m1/s1. The number of carbonyl (C=O) groups is 1. The van der Waals surface area contributed by atoms with Gasteiger partial charge in [-0.05, 0) is 19.3 Å². The lowest BCUT2D eigenvalue weighted by molar-refractivity contribution is -0.121. The van der Waals surface area contributed by atoms with E-state index in [0.717, 1.165) is 31.7 Å². The van der Waals surface area contributed by atoms with Crippen LogP contribution in [0, 0.1) is 5.41 Å². The number of hydrogen-bond acceptors (Lipinski definition) is 4. The van der Waals surface area contributed by atoms with E-state index in [0.29, 0.717) is 18.9 Å². The monoisotopic (exact) mass is 264 g/mol. The van der Waals surface area contributed by atoms with Gasteiger partial charge < -0.3 is 10.1 Å². The molecule has 1 saturated heterocycles. The van der Waals surface area contributed by atoms with Crippen molar-refractivity contribution < 1.29 is 9.53 Å². The molecule has 0 aromatic carbocycles. The normalized spacial score (nSPS) is 29.4. The Hall–Kier alpha value is -1.43. The fourth-order valence-corrected chi connectivity index (χ4v) is 3.30. The topological polar surface area (TPSA) is 79.9 Å². The van der Waals surface area contributed by atoms with Gasteiger partial charge in [0.15, 0.2) is 0 Å². The maximum atomic E-state index is 11.9. The van der Waals surface area contributed by atoms with Gasteiger partial charge in [-0.15, -0.1) is 0 Å². The molecule has 0 unspecified atom stereocenters. The summed E-state index contributed by atoms with van der Waals surface area (Å²) < 4.78 is 5.76. The van der Waals surface area contributed by atoms with E-state index in [1.165, 1.54) is 12.8 Å². The summed E-state index contributed by atoms with van der Waals surface area (Å²) in [5.41, 5.74) is 1.04. The Balaban J connectivity index is 1.45. The molecule has 6 heteroatoms. The quantitative estimate of drug-likeness (QED) is 0.825. The van der Waals surface area contributed by atoms with Gasteiger partial charge in [-0.25, -0.2) is 0 Å². The first-order valence-electron chi connectivity index (χ1n) is 7.01. The van der Waals surface area contributed by atoms with Gasteiger partial charge in [0.2, 0.25) is 5.91 Å². The van der Waals surface area contributed by atoms with Gasteiger partial charge >= 0.3 is 0 Å². The lowest BCUT2D eigenvalue weighted by atomic mass is 9.83. The van der Waals surface area contributed by atoms with Crippen LogP contribution in [0.2, 0.25) is 0 Å². The fraction of sp³-hybridized carbons (Fsp3) is 0.769. The summed E-state index contributed by atoms with van der Waals surface area (Å²) in [5, 5.41) is 13.3. The zero-order valence-corrected chi connectivity index (χ0v) is 11.0. The highest BCUT2D eigenvalue weighted by Crippen LogP contribution is 2.46. The molecule has 1 aromatic heterocycles. The van der Waals surface area contributed by atoms with E-state index < -0.39 is 0 Å². The minimum Gasteiger partial charge on any atom is -0.378 e. The summed E-state index contributed by atoms with van der Waals surface area (Å²) in [6.45, 7) is 1.61. The second-order valence-corrected chi connectivity index (χ2v) is 5.60. The zero-order chi connectivity index (χ0) is 13.1. The molecule has 1 aromatic rings. The Labute approximate surface area is 112 Å². The Kier molecular flexibility index (Phi) is 3.50. The highest BCUT2D eigenvalue weighted by atomic mass is 16.5. The summed E-state index contributed by atoms with van der Waals surface area (Å²) in [6.07, 6.45) is 7.76. The van der Waals surface area contributed by atoms with E-state index in [9.17, 15) is 4.79 Å². The van der Waals surface area contributed by atoms with Gasteiger partial charge in [0, 0.05) is 31.4 Å². The average Bonchev–Trinajstić information content (AvgIpc) is 3.09. The molecule has 2 atom stereocenters. The van der Waals surface area contributed by atoms with E-state index in [4.69, 9.17) is 4.74 Å². The summed E-state index contributed by atoms with van der Waals surface area (Å²) in [5.74, 6) is 0.0925. The van der Waals surface area contributed by atoms with Gasteiger partial charge in [-0.3, -0.25) is 4.79 Å². The van der Waals surface area contributed by atoms with Gasteiger partial charge in [0.25, 0.3) is 0 Å². The zero-order valence-electron chi connectivity index (χ0n) is 11.0. The predicted molar refractivity (Wildman–Crippen MR) is 68.4 cm³/mol. The number of aromatic amines is 1. The first kappa shape index (κ1) is 12.6. The van der Waals surface area contributed by atoms with Crippen LogP contribution in [0.4, 0.5) is 0 Å². The highest BCUT2D eigenvalue weighted by molar-refractivity contribution is 5.76. The SMILES string of the molecule is O=C(CCc1cn[nH]n1)NC[C@]12CCC[C@H]1OCC2. The predicted octanol–water partition coefficient (Wildman–Crippen LogP) is 0.813. The molecule has 0 bridgehead atoms. The highest BCUT2D eigenvalue weighted by Gasteiger charge is 2.47. The number of nitrogens with one attached hydrogen (secondary N) is 2. The second-order valence-electron chi connectivity index (χ2n) is 5.60. The van der Waals surface area contributed by atoms with Crippen LogP contribution < -0.4 is 5.32 Å². The summed E-state index contributed by atoms with van der Waals surface area (Å²) >= 11 is 0. The fourth-order valence-electron chi connectivity index (χ4n) is 3.30. The van der Waals surface area contributed by atoms with Crippen molar-refractivity contribution in [1.29, 1.82) is 0 Å². The van der Waals surface area contributed by atoms with Crippen LogP contribution in [0.5, 0.6) is 0 Å². The van der Waals surface area contributed by atoms with Gasteiger partial charge in [-0.2, -0.15) is 15.4 Å². The minimum absolute atomic E-state index is 0.0925. The third kappa shape index (κ3) is 2.63. The van der Waals surface area contributed by atoms with Crippen LogP contribution in [-0.4, -0.2) is 40.6 Å². The smallest absolute Gasteiger partial charge is 0.220 e. The Morgan fingerprint density at radius 3 is 3.37 bits per heavy atom. The summed E-state index contributed by atoms with van der Waals surface area (Å²) in [6, 6.07) is 0. The molecule has 0 radical (unpaired) electrons. The van der Waals surface area contributed by atoms with E-state index in [1.54, 1.807) is 6.20 Å². The molecule has 19 heavy (non-hydrogen) atoms. The van der Waals surface area contributed by atoms with Crippen molar-refractivity contribution in [2.45, 2.75) is 44.6 Å². The molecule has 104 valence electrons. The number of H-pyrrole nitrogens is 1. The van der Waals surface area contributed by atoms with Crippen LogP contribution in [0.15, 0.2) is 6.20 Å². The van der Waals surface area contributed by atoms with Crippen LogP contribution >= 0.6 is 0 Å². The number of rotatable bonds is 5. The molecule has 0 spiro atoms. The van der Waals surface area contributed by atoms with Crippen LogP contribution in [0.25, 0.3) is 0 Å². The summed E-state index contributed by atoms with van der Waals surface area (Å²) in [7, 11) is 0. The van der Waals surface area contributed by atoms with Crippen LogP contribution in [0.1, 0.15) is 37.8 Å². The molecule has 1 aliphatic heterocycles. The first-order chi connectivity index (χ1) is 9.28. The van der Waals surface area contributed by atoms with E-state index in [-0.39, 0.29) is 11.3 Å². The van der Waals surface area contributed by atoms with Crippen molar-refractivity contribution in [3.8, 4) is 0 Å². The largest absolute Gasteiger partial charge is 0.378 e. The molecule has 6 nitrogen and oxygen atoms in total. The average molecular weight is 264 g/mol. The second kappa shape index (κ2) is 5.28.